The predicted octanol–water partition coefficient (Wildman–Crippen LogP) is 3.86. The van der Waals surface area contributed by atoms with E-state index < -0.39 is 11.5 Å². The van der Waals surface area contributed by atoms with E-state index in [0.717, 1.165) is 45.1 Å². The molecule has 1 unspecified atom stereocenters. The fourth-order valence-corrected chi connectivity index (χ4v) is 4.79. The maximum absolute atomic E-state index is 15.0. The molecule has 0 aliphatic heterocycles. The van der Waals surface area contributed by atoms with Crippen molar-refractivity contribution in [1.82, 2.24) is 24.5 Å². The van der Waals surface area contributed by atoms with Gasteiger partial charge < -0.3 is 5.11 Å². The minimum Gasteiger partial charge on any atom is -0.493 e. The molecule has 1 aliphatic carbocycles. The first-order valence-electron chi connectivity index (χ1n) is 9.65. The molecule has 2 aromatic carbocycles. The van der Waals surface area contributed by atoms with Crippen molar-refractivity contribution in [3.05, 3.63) is 64.0 Å². The smallest absolute Gasteiger partial charge is 0.331 e. The van der Waals surface area contributed by atoms with Crippen LogP contribution in [0.15, 0.2) is 41.3 Å². The number of benzene rings is 2. The Labute approximate surface area is 179 Å². The lowest BCUT2D eigenvalue weighted by Crippen LogP contribution is -2.22. The van der Waals surface area contributed by atoms with Crippen LogP contribution in [0.3, 0.4) is 0 Å². The fourth-order valence-electron chi connectivity index (χ4n) is 3.80. The standard InChI is InChI=1S/C21H19BrFN5O2/c1-27-17(29)10-28(21(27)30)9-13-5-4-12(8-15(13)23)14-6-7-16-20(25-26-24-16)18(14)19(22)11-2-3-11/h4-8,10-11,19,29H,2-3,9H2,1H3,(H,24,25,26). The van der Waals surface area contributed by atoms with Gasteiger partial charge in [-0.2, -0.15) is 15.4 Å². The molecule has 30 heavy (non-hydrogen) atoms. The summed E-state index contributed by atoms with van der Waals surface area (Å²) in [5, 5.41) is 20.9. The molecule has 7 nitrogen and oxygen atoms in total. The first-order chi connectivity index (χ1) is 14.4. The van der Waals surface area contributed by atoms with Crippen molar-refractivity contribution in [2.24, 2.45) is 13.0 Å². The van der Waals surface area contributed by atoms with E-state index >= 15 is 0 Å². The van der Waals surface area contributed by atoms with Gasteiger partial charge in [-0.1, -0.05) is 34.1 Å². The van der Waals surface area contributed by atoms with Crippen LogP contribution in [0.1, 0.15) is 28.8 Å². The van der Waals surface area contributed by atoms with Gasteiger partial charge in [0.2, 0.25) is 5.88 Å². The maximum atomic E-state index is 15.0. The van der Waals surface area contributed by atoms with Gasteiger partial charge >= 0.3 is 5.69 Å². The van der Waals surface area contributed by atoms with Crippen LogP contribution in [0, 0.1) is 11.7 Å². The Morgan fingerprint density at radius 3 is 2.77 bits per heavy atom. The summed E-state index contributed by atoms with van der Waals surface area (Å²) in [5.74, 6) is -0.0367. The number of hydrogen-bond donors (Lipinski definition) is 2. The Morgan fingerprint density at radius 2 is 2.10 bits per heavy atom. The molecule has 154 valence electrons. The summed E-state index contributed by atoms with van der Waals surface area (Å²) in [6, 6.07) is 8.84. The third-order valence-corrected chi connectivity index (χ3v) is 6.90. The van der Waals surface area contributed by atoms with Gasteiger partial charge in [0.25, 0.3) is 0 Å². The number of aromatic amines is 1. The molecule has 0 spiro atoms. The molecule has 1 atom stereocenters. The van der Waals surface area contributed by atoms with Crippen molar-refractivity contribution in [1.29, 1.82) is 0 Å². The summed E-state index contributed by atoms with van der Waals surface area (Å²) in [6.07, 6.45) is 3.60. The highest BCUT2D eigenvalue weighted by molar-refractivity contribution is 9.09. The molecule has 1 aliphatic rings. The quantitative estimate of drug-likeness (QED) is 0.432. The topological polar surface area (TPSA) is 88.7 Å². The van der Waals surface area contributed by atoms with Gasteiger partial charge in [0.05, 0.1) is 12.7 Å². The van der Waals surface area contributed by atoms with Crippen molar-refractivity contribution in [2.75, 3.05) is 0 Å². The zero-order valence-corrected chi connectivity index (χ0v) is 17.7. The number of imidazole rings is 1. The Morgan fingerprint density at radius 1 is 1.30 bits per heavy atom. The number of rotatable bonds is 5. The number of fused-ring (bicyclic) bond motifs is 1. The summed E-state index contributed by atoms with van der Waals surface area (Å²) >= 11 is 3.82. The second kappa shape index (κ2) is 7.09. The molecule has 1 saturated carbocycles. The lowest BCUT2D eigenvalue weighted by Gasteiger charge is -2.16. The van der Waals surface area contributed by atoms with Gasteiger partial charge in [-0.05, 0) is 42.0 Å². The summed E-state index contributed by atoms with van der Waals surface area (Å²) in [5.41, 5.74) is 4.19. The van der Waals surface area contributed by atoms with Crippen LogP contribution in [0.5, 0.6) is 5.88 Å². The van der Waals surface area contributed by atoms with E-state index in [1.54, 1.807) is 6.07 Å². The molecule has 2 aromatic heterocycles. The number of alkyl halides is 1. The summed E-state index contributed by atoms with van der Waals surface area (Å²) in [4.78, 5) is 12.2. The van der Waals surface area contributed by atoms with E-state index in [2.05, 4.69) is 31.3 Å². The molecule has 4 aromatic rings. The van der Waals surface area contributed by atoms with Crippen LogP contribution < -0.4 is 5.69 Å². The van der Waals surface area contributed by atoms with E-state index in [-0.39, 0.29) is 17.3 Å². The number of nitrogens with one attached hydrogen (secondary N) is 1. The van der Waals surface area contributed by atoms with E-state index in [9.17, 15) is 14.3 Å². The molecule has 5 rings (SSSR count). The normalized spacial score (nSPS) is 15.0. The van der Waals surface area contributed by atoms with E-state index in [1.165, 1.54) is 23.9 Å². The molecular weight excluding hydrogens is 453 g/mol. The Hall–Kier alpha value is -2.94. The third kappa shape index (κ3) is 3.13. The number of nitrogens with zero attached hydrogens (tertiary/aromatic N) is 4. The summed E-state index contributed by atoms with van der Waals surface area (Å²) in [7, 11) is 1.46. The number of hydrogen-bond acceptors (Lipinski definition) is 4. The van der Waals surface area contributed by atoms with E-state index in [1.807, 2.05) is 18.2 Å². The molecular formula is C21H19BrFN5O2. The zero-order valence-electron chi connectivity index (χ0n) is 16.1. The largest absolute Gasteiger partial charge is 0.493 e. The highest BCUT2D eigenvalue weighted by Gasteiger charge is 2.33. The van der Waals surface area contributed by atoms with E-state index in [4.69, 9.17) is 0 Å². The van der Waals surface area contributed by atoms with Crippen molar-refractivity contribution in [2.45, 2.75) is 24.2 Å². The molecule has 0 amide bonds. The van der Waals surface area contributed by atoms with Crippen molar-refractivity contribution in [3.8, 4) is 17.0 Å². The molecule has 9 heteroatoms. The highest BCUT2D eigenvalue weighted by atomic mass is 79.9. The first kappa shape index (κ1) is 19.0. The Kier molecular flexibility index (Phi) is 4.50. The lowest BCUT2D eigenvalue weighted by atomic mass is 9.94. The summed E-state index contributed by atoms with van der Waals surface area (Å²) < 4.78 is 17.4. The van der Waals surface area contributed by atoms with E-state index in [0.29, 0.717) is 11.5 Å². The van der Waals surface area contributed by atoms with Crippen LogP contribution in [0.4, 0.5) is 4.39 Å². The average Bonchev–Trinajstić information content (AvgIpc) is 3.43. The minimum absolute atomic E-state index is 0.0394. The fraction of sp³-hybridized carbons (Fsp3) is 0.286. The van der Waals surface area contributed by atoms with Gasteiger partial charge in [-0.25, -0.2) is 9.18 Å². The maximum Gasteiger partial charge on any atom is 0.331 e. The molecule has 2 heterocycles. The Balaban J connectivity index is 1.56. The van der Waals surface area contributed by atoms with Gasteiger partial charge in [-0.3, -0.25) is 9.13 Å². The monoisotopic (exact) mass is 471 g/mol. The molecule has 2 N–H and O–H groups in total. The van der Waals surface area contributed by atoms with Crippen molar-refractivity contribution < 1.29 is 9.50 Å². The molecule has 0 saturated heterocycles. The number of halogens is 2. The summed E-state index contributed by atoms with van der Waals surface area (Å²) in [6.45, 7) is 0.0394. The zero-order chi connectivity index (χ0) is 21.0. The van der Waals surface area contributed by atoms with Gasteiger partial charge in [0, 0.05) is 23.0 Å². The molecule has 0 bridgehead atoms. The van der Waals surface area contributed by atoms with Crippen molar-refractivity contribution >= 4 is 27.0 Å². The highest BCUT2D eigenvalue weighted by Crippen LogP contribution is 2.50. The van der Waals surface area contributed by atoms with Crippen LogP contribution in [0.2, 0.25) is 0 Å². The lowest BCUT2D eigenvalue weighted by molar-refractivity contribution is 0.429. The number of aromatic hydroxyl groups is 1. The van der Waals surface area contributed by atoms with Crippen molar-refractivity contribution in [3.63, 3.8) is 0 Å². The average molecular weight is 472 g/mol. The SMILES string of the molecule is Cn1c(O)cn(Cc2ccc(-c3ccc4n[nH]nc4c3C(Br)C3CC3)cc2F)c1=O. The Bertz CT molecular complexity index is 1320. The number of aromatic nitrogens is 5. The van der Waals surface area contributed by atoms with Crippen LogP contribution in [-0.2, 0) is 13.6 Å². The van der Waals surface area contributed by atoms with Gasteiger partial charge in [0.1, 0.15) is 16.9 Å². The van der Waals surface area contributed by atoms with Crippen LogP contribution >= 0.6 is 15.9 Å². The number of H-pyrrole nitrogens is 1. The molecule has 1 fully saturated rings. The van der Waals surface area contributed by atoms with Crippen LogP contribution in [-0.4, -0.2) is 29.7 Å². The van der Waals surface area contributed by atoms with Crippen LogP contribution in [0.25, 0.3) is 22.2 Å². The first-order valence-corrected chi connectivity index (χ1v) is 10.6. The second-order valence-electron chi connectivity index (χ2n) is 7.72. The second-order valence-corrected chi connectivity index (χ2v) is 8.71. The predicted molar refractivity (Wildman–Crippen MR) is 114 cm³/mol. The van der Waals surface area contributed by atoms with Gasteiger partial charge in [0.15, 0.2) is 0 Å². The van der Waals surface area contributed by atoms with Gasteiger partial charge in [-0.15, -0.1) is 0 Å². The molecule has 0 radical (unpaired) electrons. The minimum atomic E-state index is -0.411. The third-order valence-electron chi connectivity index (χ3n) is 5.69.